The maximum Gasteiger partial charge on any atom is 0.258 e. The second-order valence-corrected chi connectivity index (χ2v) is 6.42. The molecule has 25 heavy (non-hydrogen) atoms. The van der Waals surface area contributed by atoms with Crippen molar-refractivity contribution in [2.24, 2.45) is 5.92 Å². The summed E-state index contributed by atoms with van der Waals surface area (Å²) in [4.78, 5) is 26.8. The first-order valence-corrected chi connectivity index (χ1v) is 8.94. The zero-order valence-electron chi connectivity index (χ0n) is 14.8. The van der Waals surface area contributed by atoms with Crippen molar-refractivity contribution in [1.82, 2.24) is 0 Å². The summed E-state index contributed by atoms with van der Waals surface area (Å²) < 4.78 is 0. The highest BCUT2D eigenvalue weighted by molar-refractivity contribution is 6.07. The molecule has 0 aliphatic carbocycles. The van der Waals surface area contributed by atoms with E-state index in [9.17, 15) is 9.59 Å². The summed E-state index contributed by atoms with van der Waals surface area (Å²) in [6.07, 6.45) is 2.49. The van der Waals surface area contributed by atoms with E-state index in [4.69, 9.17) is 0 Å². The van der Waals surface area contributed by atoms with Crippen LogP contribution < -0.4 is 10.2 Å². The minimum atomic E-state index is 0.0214. The molecule has 4 nitrogen and oxygen atoms in total. The molecule has 130 valence electrons. The van der Waals surface area contributed by atoms with Crippen molar-refractivity contribution in [2.45, 2.75) is 33.1 Å². The molecule has 0 unspecified atom stereocenters. The molecule has 2 aromatic rings. The highest BCUT2D eigenvalue weighted by Crippen LogP contribution is 2.31. The number of fused-ring (bicyclic) bond motifs is 1. The highest BCUT2D eigenvalue weighted by atomic mass is 16.2. The summed E-state index contributed by atoms with van der Waals surface area (Å²) in [5.41, 5.74) is 3.55. The molecule has 0 atom stereocenters. The van der Waals surface area contributed by atoms with Crippen molar-refractivity contribution in [1.29, 1.82) is 0 Å². The number of hydrogen-bond acceptors (Lipinski definition) is 2. The maximum atomic E-state index is 12.7. The zero-order valence-corrected chi connectivity index (χ0v) is 14.8. The molecule has 4 heteroatoms. The molecule has 1 heterocycles. The van der Waals surface area contributed by atoms with Crippen LogP contribution in [0.4, 0.5) is 11.4 Å². The van der Waals surface area contributed by atoms with Gasteiger partial charge in [-0.3, -0.25) is 9.59 Å². The largest absolute Gasteiger partial charge is 0.326 e. The molecule has 1 N–H and O–H groups in total. The molecular formula is C21H24N2O2. The van der Waals surface area contributed by atoms with Crippen LogP contribution in [0.5, 0.6) is 0 Å². The minimum absolute atomic E-state index is 0.0214. The van der Waals surface area contributed by atoms with E-state index in [0.29, 0.717) is 12.1 Å². The second kappa shape index (κ2) is 7.51. The number of anilines is 2. The zero-order chi connectivity index (χ0) is 17.8. The third-order valence-electron chi connectivity index (χ3n) is 4.86. The number of rotatable bonds is 5. The van der Waals surface area contributed by atoms with Crippen LogP contribution in [0.1, 0.15) is 42.6 Å². The molecule has 0 fully saturated rings. The standard InChI is InChI=1S/C21H24N2O2/c1-3-15(4-2)20(24)22-18-10-11-19-17(14-18)12-13-23(19)21(25)16-8-6-5-7-9-16/h5-11,14-15H,3-4,12-13H2,1-2H3,(H,22,24). The van der Waals surface area contributed by atoms with Crippen molar-refractivity contribution < 1.29 is 9.59 Å². The van der Waals surface area contributed by atoms with Gasteiger partial charge in [-0.1, -0.05) is 32.0 Å². The predicted octanol–water partition coefficient (Wildman–Crippen LogP) is 4.26. The van der Waals surface area contributed by atoms with Crippen molar-refractivity contribution in [3.8, 4) is 0 Å². The molecule has 2 amide bonds. The smallest absolute Gasteiger partial charge is 0.258 e. The van der Waals surface area contributed by atoms with Crippen LogP contribution in [0, 0.1) is 5.92 Å². The Morgan fingerprint density at radius 3 is 2.48 bits per heavy atom. The average molecular weight is 336 g/mol. The van der Waals surface area contributed by atoms with Gasteiger partial charge < -0.3 is 10.2 Å². The summed E-state index contributed by atoms with van der Waals surface area (Å²) in [5, 5.41) is 3.01. The molecule has 0 saturated carbocycles. The fourth-order valence-electron chi connectivity index (χ4n) is 3.33. The number of amides is 2. The molecule has 0 radical (unpaired) electrons. The Labute approximate surface area is 148 Å². The lowest BCUT2D eigenvalue weighted by molar-refractivity contribution is -0.120. The monoisotopic (exact) mass is 336 g/mol. The summed E-state index contributed by atoms with van der Waals surface area (Å²) in [6, 6.07) is 15.1. The van der Waals surface area contributed by atoms with E-state index in [2.05, 4.69) is 5.32 Å². The van der Waals surface area contributed by atoms with Gasteiger partial charge in [0.25, 0.3) is 5.91 Å². The lowest BCUT2D eigenvalue weighted by atomic mass is 10.0. The van der Waals surface area contributed by atoms with E-state index in [-0.39, 0.29) is 17.7 Å². The number of carbonyl (C=O) groups is 2. The third-order valence-corrected chi connectivity index (χ3v) is 4.86. The van der Waals surface area contributed by atoms with Crippen LogP contribution in [0.25, 0.3) is 0 Å². The Bertz CT molecular complexity index is 767. The van der Waals surface area contributed by atoms with Gasteiger partial charge >= 0.3 is 0 Å². The number of carbonyl (C=O) groups excluding carboxylic acids is 2. The average Bonchev–Trinajstić information content (AvgIpc) is 3.06. The molecule has 0 saturated heterocycles. The Morgan fingerprint density at radius 2 is 1.80 bits per heavy atom. The molecule has 1 aliphatic heterocycles. The quantitative estimate of drug-likeness (QED) is 0.887. The number of hydrogen-bond donors (Lipinski definition) is 1. The number of nitrogens with zero attached hydrogens (tertiary/aromatic N) is 1. The van der Waals surface area contributed by atoms with Gasteiger partial charge in [0.15, 0.2) is 0 Å². The molecule has 2 aromatic carbocycles. The summed E-state index contributed by atoms with van der Waals surface area (Å²) in [6.45, 7) is 4.74. The fourth-order valence-corrected chi connectivity index (χ4v) is 3.33. The van der Waals surface area contributed by atoms with Gasteiger partial charge in [-0.2, -0.15) is 0 Å². The van der Waals surface area contributed by atoms with E-state index >= 15 is 0 Å². The van der Waals surface area contributed by atoms with E-state index in [1.165, 1.54) is 0 Å². The molecule has 1 aliphatic rings. The van der Waals surface area contributed by atoms with Gasteiger partial charge in [-0.15, -0.1) is 0 Å². The lowest BCUT2D eigenvalue weighted by Gasteiger charge is -2.18. The van der Waals surface area contributed by atoms with E-state index < -0.39 is 0 Å². The molecule has 0 aromatic heterocycles. The van der Waals surface area contributed by atoms with E-state index in [1.54, 1.807) is 0 Å². The minimum Gasteiger partial charge on any atom is -0.326 e. The second-order valence-electron chi connectivity index (χ2n) is 6.42. The highest BCUT2D eigenvalue weighted by Gasteiger charge is 2.26. The predicted molar refractivity (Wildman–Crippen MR) is 101 cm³/mol. The van der Waals surface area contributed by atoms with Gasteiger partial charge in [-0.25, -0.2) is 0 Å². The summed E-state index contributed by atoms with van der Waals surface area (Å²) in [5.74, 6) is 0.137. The van der Waals surface area contributed by atoms with Crippen molar-refractivity contribution in [3.63, 3.8) is 0 Å². The van der Waals surface area contributed by atoms with E-state index in [0.717, 1.165) is 36.2 Å². The Hall–Kier alpha value is -2.62. The van der Waals surface area contributed by atoms with Gasteiger partial charge in [0.1, 0.15) is 0 Å². The van der Waals surface area contributed by atoms with Gasteiger partial charge in [0, 0.05) is 29.4 Å². The van der Waals surface area contributed by atoms with Crippen LogP contribution in [0.3, 0.4) is 0 Å². The fraction of sp³-hybridized carbons (Fsp3) is 0.333. The van der Waals surface area contributed by atoms with Crippen LogP contribution in [-0.4, -0.2) is 18.4 Å². The van der Waals surface area contributed by atoms with E-state index in [1.807, 2.05) is 67.3 Å². The topological polar surface area (TPSA) is 49.4 Å². The first-order valence-electron chi connectivity index (χ1n) is 8.94. The molecular weight excluding hydrogens is 312 g/mol. The Kier molecular flexibility index (Phi) is 5.17. The number of benzene rings is 2. The Morgan fingerprint density at radius 1 is 1.08 bits per heavy atom. The van der Waals surface area contributed by atoms with Crippen molar-refractivity contribution >= 4 is 23.2 Å². The van der Waals surface area contributed by atoms with Crippen LogP contribution >= 0.6 is 0 Å². The molecule has 3 rings (SSSR count). The van der Waals surface area contributed by atoms with Gasteiger partial charge in [0.05, 0.1) is 0 Å². The third kappa shape index (κ3) is 3.58. The van der Waals surface area contributed by atoms with Gasteiger partial charge in [-0.05, 0) is 55.2 Å². The summed E-state index contributed by atoms with van der Waals surface area (Å²) >= 11 is 0. The van der Waals surface area contributed by atoms with Crippen molar-refractivity contribution in [3.05, 3.63) is 59.7 Å². The normalized spacial score (nSPS) is 13.0. The first-order chi connectivity index (χ1) is 12.1. The maximum absolute atomic E-state index is 12.7. The first kappa shape index (κ1) is 17.2. The molecule has 0 spiro atoms. The van der Waals surface area contributed by atoms with Crippen LogP contribution in [0.2, 0.25) is 0 Å². The molecule has 0 bridgehead atoms. The number of nitrogens with one attached hydrogen (secondary N) is 1. The van der Waals surface area contributed by atoms with Crippen LogP contribution in [0.15, 0.2) is 48.5 Å². The SMILES string of the molecule is CCC(CC)C(=O)Nc1ccc2c(c1)CCN2C(=O)c1ccccc1. The lowest BCUT2D eigenvalue weighted by Crippen LogP contribution is -2.28. The summed E-state index contributed by atoms with van der Waals surface area (Å²) in [7, 11) is 0. The van der Waals surface area contributed by atoms with Crippen molar-refractivity contribution in [2.75, 3.05) is 16.8 Å². The van der Waals surface area contributed by atoms with Gasteiger partial charge in [0.2, 0.25) is 5.91 Å². The van der Waals surface area contributed by atoms with Crippen LogP contribution in [-0.2, 0) is 11.2 Å². The Balaban J connectivity index is 1.77.